The monoisotopic (exact) mass is 263 g/mol. The predicted molar refractivity (Wildman–Crippen MR) is 58.3 cm³/mol. The second-order valence-corrected chi connectivity index (χ2v) is 6.36. The lowest BCUT2D eigenvalue weighted by Gasteiger charge is -2.12. The summed E-state index contributed by atoms with van der Waals surface area (Å²) in [4.78, 5) is 11.6. The minimum atomic E-state index is -3.14. The molecule has 0 spiro atoms. The highest BCUT2D eigenvalue weighted by Gasteiger charge is 2.37. The number of carbonyl (C=O) groups excluding carboxylic acids is 1. The zero-order valence-electron chi connectivity index (χ0n) is 8.22. The summed E-state index contributed by atoms with van der Waals surface area (Å²) in [6.45, 7) is 0. The van der Waals surface area contributed by atoms with Crippen LogP contribution in [0.15, 0.2) is 22.8 Å². The molecule has 7 heteroatoms. The number of alkyl halides is 1. The largest absolute Gasteiger partial charge is 0.459 e. The highest BCUT2D eigenvalue weighted by Crippen LogP contribution is 2.18. The first-order chi connectivity index (χ1) is 7.48. The number of carbonyl (C=O) groups is 1. The Hall–Kier alpha value is -1.01. The van der Waals surface area contributed by atoms with E-state index in [1.54, 1.807) is 6.07 Å². The second kappa shape index (κ2) is 4.10. The van der Waals surface area contributed by atoms with Crippen molar-refractivity contribution in [2.75, 3.05) is 11.5 Å². The average molecular weight is 264 g/mol. The molecule has 0 aromatic carbocycles. The molecular formula is C9H10ClNO4S. The fourth-order valence-electron chi connectivity index (χ4n) is 1.58. The van der Waals surface area contributed by atoms with Crippen LogP contribution in [0.1, 0.15) is 10.6 Å². The Balaban J connectivity index is 2.04. The summed E-state index contributed by atoms with van der Waals surface area (Å²) in [6, 6.07) is 2.53. The van der Waals surface area contributed by atoms with Gasteiger partial charge >= 0.3 is 0 Å². The molecule has 1 aliphatic heterocycles. The molecule has 0 aliphatic carbocycles. The van der Waals surface area contributed by atoms with Crippen LogP contribution in [-0.4, -0.2) is 37.2 Å². The Bertz CT molecular complexity index is 482. The van der Waals surface area contributed by atoms with Gasteiger partial charge in [-0.3, -0.25) is 4.79 Å². The van der Waals surface area contributed by atoms with E-state index >= 15 is 0 Å². The summed E-state index contributed by atoms with van der Waals surface area (Å²) in [7, 11) is -3.14. The first-order valence-electron chi connectivity index (χ1n) is 4.67. The smallest absolute Gasteiger partial charge is 0.287 e. The van der Waals surface area contributed by atoms with Crippen molar-refractivity contribution in [2.24, 2.45) is 0 Å². The van der Waals surface area contributed by atoms with E-state index in [0.29, 0.717) is 0 Å². The van der Waals surface area contributed by atoms with Crippen molar-refractivity contribution in [3.05, 3.63) is 24.2 Å². The number of rotatable bonds is 2. The predicted octanol–water partition coefficient (Wildman–Crippen LogP) is 0.414. The molecule has 16 heavy (non-hydrogen) atoms. The van der Waals surface area contributed by atoms with Crippen molar-refractivity contribution in [2.45, 2.75) is 11.4 Å². The van der Waals surface area contributed by atoms with Gasteiger partial charge in [0.1, 0.15) is 0 Å². The van der Waals surface area contributed by atoms with Gasteiger partial charge in [0.05, 0.1) is 29.2 Å². The van der Waals surface area contributed by atoms with Crippen molar-refractivity contribution in [1.29, 1.82) is 0 Å². The van der Waals surface area contributed by atoms with E-state index in [1.165, 1.54) is 12.3 Å². The molecule has 1 saturated heterocycles. The Morgan fingerprint density at radius 1 is 1.50 bits per heavy atom. The van der Waals surface area contributed by atoms with Crippen LogP contribution in [0.25, 0.3) is 0 Å². The van der Waals surface area contributed by atoms with E-state index in [0.717, 1.165) is 0 Å². The van der Waals surface area contributed by atoms with Gasteiger partial charge in [-0.15, -0.1) is 11.6 Å². The third kappa shape index (κ3) is 2.38. The molecular weight excluding hydrogens is 254 g/mol. The molecule has 88 valence electrons. The molecule has 1 amide bonds. The molecule has 1 N–H and O–H groups in total. The van der Waals surface area contributed by atoms with Crippen molar-refractivity contribution in [3.8, 4) is 0 Å². The zero-order chi connectivity index (χ0) is 11.8. The average Bonchev–Trinajstić information content (AvgIpc) is 2.74. The minimum absolute atomic E-state index is 0.0995. The molecule has 2 atom stereocenters. The van der Waals surface area contributed by atoms with E-state index in [1.807, 2.05) is 0 Å². The maximum atomic E-state index is 11.6. The van der Waals surface area contributed by atoms with Crippen LogP contribution < -0.4 is 5.32 Å². The molecule has 2 heterocycles. The van der Waals surface area contributed by atoms with E-state index in [4.69, 9.17) is 16.0 Å². The summed E-state index contributed by atoms with van der Waals surface area (Å²) in [5, 5.41) is 1.96. The van der Waals surface area contributed by atoms with Crippen molar-refractivity contribution in [3.63, 3.8) is 0 Å². The number of halogens is 1. The third-order valence-electron chi connectivity index (χ3n) is 2.34. The van der Waals surface area contributed by atoms with Crippen LogP contribution in [0.3, 0.4) is 0 Å². The standard InChI is InChI=1S/C9H10ClNO4S/c10-6-4-16(13,14)5-7(6)11-9(12)8-2-1-3-15-8/h1-3,6-7H,4-5H2,(H,11,12)/t6-,7-/m0/s1. The lowest BCUT2D eigenvalue weighted by Crippen LogP contribution is -2.40. The highest BCUT2D eigenvalue weighted by molar-refractivity contribution is 7.91. The van der Waals surface area contributed by atoms with Gasteiger partial charge in [0.25, 0.3) is 5.91 Å². The molecule has 0 radical (unpaired) electrons. The van der Waals surface area contributed by atoms with Crippen LogP contribution in [0, 0.1) is 0 Å². The lowest BCUT2D eigenvalue weighted by molar-refractivity contribution is 0.0913. The molecule has 0 bridgehead atoms. The highest BCUT2D eigenvalue weighted by atomic mass is 35.5. The van der Waals surface area contributed by atoms with Gasteiger partial charge in [-0.1, -0.05) is 0 Å². The van der Waals surface area contributed by atoms with E-state index in [9.17, 15) is 13.2 Å². The Morgan fingerprint density at radius 2 is 2.25 bits per heavy atom. The fraction of sp³-hybridized carbons (Fsp3) is 0.444. The Kier molecular flexibility index (Phi) is 2.94. The molecule has 2 rings (SSSR count). The van der Waals surface area contributed by atoms with Crippen molar-refractivity contribution < 1.29 is 17.6 Å². The van der Waals surface area contributed by atoms with Gasteiger partial charge in [0, 0.05) is 0 Å². The van der Waals surface area contributed by atoms with Gasteiger partial charge in [0.15, 0.2) is 15.6 Å². The molecule has 1 fully saturated rings. The van der Waals surface area contributed by atoms with Crippen LogP contribution in [0.2, 0.25) is 0 Å². The number of hydrogen-bond acceptors (Lipinski definition) is 4. The SMILES string of the molecule is O=C(N[C@H]1CS(=O)(=O)C[C@@H]1Cl)c1ccco1. The lowest BCUT2D eigenvalue weighted by atomic mass is 10.2. The second-order valence-electron chi connectivity index (χ2n) is 3.65. The van der Waals surface area contributed by atoms with Gasteiger partial charge in [-0.25, -0.2) is 8.42 Å². The van der Waals surface area contributed by atoms with E-state index in [2.05, 4.69) is 5.32 Å². The number of nitrogens with one attached hydrogen (secondary N) is 1. The quantitative estimate of drug-likeness (QED) is 0.785. The topological polar surface area (TPSA) is 76.4 Å². The molecule has 0 saturated carbocycles. The fourth-order valence-corrected chi connectivity index (χ4v) is 4.13. The normalized spacial score (nSPS) is 27.8. The summed E-state index contributed by atoms with van der Waals surface area (Å²) >= 11 is 5.84. The van der Waals surface area contributed by atoms with Gasteiger partial charge < -0.3 is 9.73 Å². The summed E-state index contributed by atoms with van der Waals surface area (Å²) in [6.07, 6.45) is 1.37. The minimum Gasteiger partial charge on any atom is -0.459 e. The van der Waals surface area contributed by atoms with Crippen LogP contribution in [0.4, 0.5) is 0 Å². The summed E-state index contributed by atoms with van der Waals surface area (Å²) in [5.41, 5.74) is 0. The third-order valence-corrected chi connectivity index (χ3v) is 4.72. The summed E-state index contributed by atoms with van der Waals surface area (Å²) in [5.74, 6) is -0.517. The number of furan rings is 1. The van der Waals surface area contributed by atoms with Crippen molar-refractivity contribution in [1.82, 2.24) is 5.32 Å². The Morgan fingerprint density at radius 3 is 2.75 bits per heavy atom. The van der Waals surface area contributed by atoms with Gasteiger partial charge in [-0.2, -0.15) is 0 Å². The molecule has 5 nitrogen and oxygen atoms in total. The molecule has 1 aromatic heterocycles. The number of hydrogen-bond donors (Lipinski definition) is 1. The van der Waals surface area contributed by atoms with Gasteiger partial charge in [0.2, 0.25) is 0 Å². The number of sulfone groups is 1. The first-order valence-corrected chi connectivity index (χ1v) is 6.92. The maximum Gasteiger partial charge on any atom is 0.287 e. The van der Waals surface area contributed by atoms with Crippen molar-refractivity contribution >= 4 is 27.3 Å². The summed E-state index contributed by atoms with van der Waals surface area (Å²) < 4.78 is 27.4. The van der Waals surface area contributed by atoms with Crippen LogP contribution in [-0.2, 0) is 9.84 Å². The molecule has 0 unspecified atom stereocenters. The zero-order valence-corrected chi connectivity index (χ0v) is 9.79. The number of amides is 1. The molecule has 1 aromatic rings. The van der Waals surface area contributed by atoms with Gasteiger partial charge in [-0.05, 0) is 12.1 Å². The molecule has 1 aliphatic rings. The van der Waals surface area contributed by atoms with Crippen LogP contribution in [0.5, 0.6) is 0 Å². The van der Waals surface area contributed by atoms with Crippen LogP contribution >= 0.6 is 11.6 Å². The van der Waals surface area contributed by atoms with E-state index in [-0.39, 0.29) is 17.3 Å². The van der Waals surface area contributed by atoms with E-state index < -0.39 is 27.2 Å². The Labute approximate surface area is 97.7 Å². The first kappa shape index (κ1) is 11.5. The maximum absolute atomic E-state index is 11.6.